The van der Waals surface area contributed by atoms with Crippen molar-refractivity contribution in [3.05, 3.63) is 42.0 Å². The molecule has 160 valence electrons. The van der Waals surface area contributed by atoms with Crippen LogP contribution >= 0.6 is 0 Å². The fraction of sp³-hybridized carbons (Fsp3) is 0.478. The van der Waals surface area contributed by atoms with E-state index in [9.17, 15) is 9.59 Å². The van der Waals surface area contributed by atoms with Crippen molar-refractivity contribution in [3.8, 4) is 5.75 Å². The molecule has 2 aliphatic heterocycles. The third-order valence-electron chi connectivity index (χ3n) is 5.51. The van der Waals surface area contributed by atoms with Crippen LogP contribution in [0.25, 0.3) is 10.8 Å². The summed E-state index contributed by atoms with van der Waals surface area (Å²) >= 11 is 0. The topological polar surface area (TPSA) is 77.1 Å². The Bertz CT molecular complexity index is 926. The predicted molar refractivity (Wildman–Crippen MR) is 112 cm³/mol. The third-order valence-corrected chi connectivity index (χ3v) is 5.51. The first-order valence-corrected chi connectivity index (χ1v) is 10.5. The van der Waals surface area contributed by atoms with Gasteiger partial charge >= 0.3 is 0 Å². The molecule has 2 saturated heterocycles. The smallest absolute Gasteiger partial charge is 0.258 e. The van der Waals surface area contributed by atoms with Crippen LogP contribution in [0, 0.1) is 0 Å². The zero-order chi connectivity index (χ0) is 21.1. The number of rotatable bonds is 5. The Morgan fingerprint density at radius 2 is 1.73 bits per heavy atom. The van der Waals surface area contributed by atoms with Gasteiger partial charge in [0.15, 0.2) is 12.4 Å². The highest BCUT2D eigenvalue weighted by Gasteiger charge is 2.41. The standard InChI is InChI=1S/C23H28N2O5/c1-16(2)24-21(26)15-28-20-14-18-6-4-3-5-17(18)13-19(20)22(27)25-9-7-23(8-10-25)29-11-12-30-23/h3-6,13-14,16H,7-12,15H2,1-2H3,(H,24,26). The molecule has 1 spiro atoms. The van der Waals surface area contributed by atoms with E-state index in [-0.39, 0.29) is 24.5 Å². The number of carbonyl (C=O) groups is 2. The second kappa shape index (κ2) is 8.62. The van der Waals surface area contributed by atoms with E-state index in [1.54, 1.807) is 4.90 Å². The van der Waals surface area contributed by atoms with Crippen LogP contribution in [0.15, 0.2) is 36.4 Å². The molecule has 7 heteroatoms. The number of nitrogens with zero attached hydrogens (tertiary/aromatic N) is 1. The monoisotopic (exact) mass is 412 g/mol. The molecule has 0 bridgehead atoms. The summed E-state index contributed by atoms with van der Waals surface area (Å²) in [5.41, 5.74) is 0.468. The Hall–Kier alpha value is -2.64. The van der Waals surface area contributed by atoms with Crippen LogP contribution in [0.4, 0.5) is 0 Å². The molecule has 1 N–H and O–H groups in total. The second-order valence-corrected chi connectivity index (χ2v) is 8.11. The van der Waals surface area contributed by atoms with Crippen LogP contribution in [0.2, 0.25) is 0 Å². The number of amides is 2. The normalized spacial score (nSPS) is 18.2. The van der Waals surface area contributed by atoms with Crippen molar-refractivity contribution in [2.45, 2.75) is 38.5 Å². The summed E-state index contributed by atoms with van der Waals surface area (Å²) in [6.45, 7) is 5.97. The van der Waals surface area contributed by atoms with E-state index in [1.165, 1.54) is 0 Å². The average molecular weight is 412 g/mol. The van der Waals surface area contributed by atoms with E-state index < -0.39 is 5.79 Å². The fourth-order valence-corrected chi connectivity index (χ4v) is 4.02. The minimum absolute atomic E-state index is 0.0273. The molecule has 0 aliphatic carbocycles. The summed E-state index contributed by atoms with van der Waals surface area (Å²) in [6.07, 6.45) is 1.30. The molecule has 4 rings (SSSR count). The Morgan fingerprint density at radius 1 is 1.10 bits per heavy atom. The predicted octanol–water partition coefficient (Wildman–Crippen LogP) is 2.72. The number of fused-ring (bicyclic) bond motifs is 1. The number of nitrogens with one attached hydrogen (secondary N) is 1. The highest BCUT2D eigenvalue weighted by atomic mass is 16.7. The molecule has 0 unspecified atom stereocenters. The molecule has 2 fully saturated rings. The number of hydrogen-bond acceptors (Lipinski definition) is 5. The van der Waals surface area contributed by atoms with Crippen molar-refractivity contribution < 1.29 is 23.8 Å². The molecule has 2 aromatic rings. The summed E-state index contributed by atoms with van der Waals surface area (Å²) in [4.78, 5) is 27.2. The van der Waals surface area contributed by atoms with Crippen molar-refractivity contribution in [2.24, 2.45) is 0 Å². The molecule has 0 aromatic heterocycles. The van der Waals surface area contributed by atoms with Crippen LogP contribution in [-0.4, -0.2) is 61.5 Å². The van der Waals surface area contributed by atoms with E-state index in [0.717, 1.165) is 10.8 Å². The SMILES string of the molecule is CC(C)NC(=O)COc1cc2ccccc2cc1C(=O)N1CCC2(CC1)OCCO2. The first-order chi connectivity index (χ1) is 14.5. The van der Waals surface area contributed by atoms with E-state index in [0.29, 0.717) is 50.5 Å². The van der Waals surface area contributed by atoms with Crippen molar-refractivity contribution in [2.75, 3.05) is 32.9 Å². The maximum atomic E-state index is 13.4. The van der Waals surface area contributed by atoms with Crippen molar-refractivity contribution in [3.63, 3.8) is 0 Å². The van der Waals surface area contributed by atoms with Gasteiger partial charge in [0.25, 0.3) is 11.8 Å². The molecule has 2 aromatic carbocycles. The second-order valence-electron chi connectivity index (χ2n) is 8.11. The zero-order valence-electron chi connectivity index (χ0n) is 17.5. The van der Waals surface area contributed by atoms with Gasteiger partial charge in [0.1, 0.15) is 5.75 Å². The fourth-order valence-electron chi connectivity index (χ4n) is 4.02. The average Bonchev–Trinajstić information content (AvgIpc) is 3.19. The van der Waals surface area contributed by atoms with Gasteiger partial charge in [-0.2, -0.15) is 0 Å². The summed E-state index contributed by atoms with van der Waals surface area (Å²) in [5, 5.41) is 4.71. The molecule has 0 atom stereocenters. The van der Waals surface area contributed by atoms with Gasteiger partial charge in [0.05, 0.1) is 18.8 Å². The van der Waals surface area contributed by atoms with E-state index in [4.69, 9.17) is 14.2 Å². The Kier molecular flexibility index (Phi) is 5.92. The lowest BCUT2D eigenvalue weighted by molar-refractivity contribution is -0.181. The molecular weight excluding hydrogens is 384 g/mol. The van der Waals surface area contributed by atoms with Gasteiger partial charge in [-0.3, -0.25) is 9.59 Å². The summed E-state index contributed by atoms with van der Waals surface area (Å²) in [6, 6.07) is 11.5. The van der Waals surface area contributed by atoms with Crippen molar-refractivity contribution >= 4 is 22.6 Å². The van der Waals surface area contributed by atoms with Gasteiger partial charge < -0.3 is 24.4 Å². The quantitative estimate of drug-likeness (QED) is 0.817. The number of carbonyl (C=O) groups excluding carboxylic acids is 2. The minimum atomic E-state index is -0.533. The molecule has 0 saturated carbocycles. The van der Waals surface area contributed by atoms with Gasteiger partial charge in [-0.1, -0.05) is 24.3 Å². The van der Waals surface area contributed by atoms with Gasteiger partial charge in [0.2, 0.25) is 0 Å². The maximum Gasteiger partial charge on any atom is 0.258 e. The lowest BCUT2D eigenvalue weighted by Gasteiger charge is -2.37. The highest BCUT2D eigenvalue weighted by molar-refractivity contribution is 6.01. The van der Waals surface area contributed by atoms with Crippen LogP contribution in [0.1, 0.15) is 37.0 Å². The van der Waals surface area contributed by atoms with Crippen molar-refractivity contribution in [1.82, 2.24) is 10.2 Å². The third kappa shape index (κ3) is 4.42. The van der Waals surface area contributed by atoms with E-state index in [2.05, 4.69) is 5.32 Å². The summed E-state index contributed by atoms with van der Waals surface area (Å²) in [5.74, 6) is -0.430. The molecule has 2 amide bonds. The molecule has 2 aliphatic rings. The van der Waals surface area contributed by atoms with Crippen LogP contribution in [0.5, 0.6) is 5.75 Å². The van der Waals surface area contributed by atoms with Gasteiger partial charge in [-0.05, 0) is 36.8 Å². The first kappa shape index (κ1) is 20.6. The summed E-state index contributed by atoms with van der Waals surface area (Å²) < 4.78 is 17.3. The Morgan fingerprint density at radius 3 is 2.37 bits per heavy atom. The Balaban J connectivity index is 1.55. The largest absolute Gasteiger partial charge is 0.483 e. The lowest BCUT2D eigenvalue weighted by Crippen LogP contribution is -2.47. The number of likely N-dealkylation sites (tertiary alicyclic amines) is 1. The van der Waals surface area contributed by atoms with Crippen molar-refractivity contribution in [1.29, 1.82) is 0 Å². The zero-order valence-corrected chi connectivity index (χ0v) is 17.5. The maximum absolute atomic E-state index is 13.4. The van der Waals surface area contributed by atoms with E-state index in [1.807, 2.05) is 50.2 Å². The van der Waals surface area contributed by atoms with Crippen LogP contribution < -0.4 is 10.1 Å². The van der Waals surface area contributed by atoms with Gasteiger partial charge in [-0.25, -0.2) is 0 Å². The molecule has 0 radical (unpaired) electrons. The minimum Gasteiger partial charge on any atom is -0.483 e. The molecular formula is C23H28N2O5. The van der Waals surface area contributed by atoms with Crippen LogP contribution in [-0.2, 0) is 14.3 Å². The molecule has 30 heavy (non-hydrogen) atoms. The van der Waals surface area contributed by atoms with Gasteiger partial charge in [0, 0.05) is 32.0 Å². The first-order valence-electron chi connectivity index (χ1n) is 10.5. The van der Waals surface area contributed by atoms with Crippen LogP contribution in [0.3, 0.4) is 0 Å². The van der Waals surface area contributed by atoms with E-state index >= 15 is 0 Å². The summed E-state index contributed by atoms with van der Waals surface area (Å²) in [7, 11) is 0. The van der Waals surface area contributed by atoms with Gasteiger partial charge in [-0.15, -0.1) is 0 Å². The Labute approximate surface area is 176 Å². The number of ether oxygens (including phenoxy) is 3. The number of benzene rings is 2. The molecule has 7 nitrogen and oxygen atoms in total. The lowest BCUT2D eigenvalue weighted by atomic mass is 10.0. The molecule has 2 heterocycles. The number of piperidine rings is 1. The highest BCUT2D eigenvalue weighted by Crippen LogP contribution is 2.33. The number of hydrogen-bond donors (Lipinski definition) is 1.